The number of hydrogen-bond donors (Lipinski definition) is 0. The molecule has 0 saturated carbocycles. The normalized spacial score (nSPS) is 15.7. The Balaban J connectivity index is 1.26. The average molecular weight is 585 g/mol. The summed E-state index contributed by atoms with van der Waals surface area (Å²) in [5.74, 6) is 1.82. The number of ether oxygens (including phenoxy) is 1. The Hall–Kier alpha value is -5.92. The highest BCUT2D eigenvalue weighted by molar-refractivity contribution is 6.05. The first-order valence-electron chi connectivity index (χ1n) is 15.9. The quantitative estimate of drug-likeness (QED) is 0.201. The molecule has 0 saturated heterocycles. The average Bonchev–Trinajstić information content (AvgIpc) is 3.43. The summed E-state index contributed by atoms with van der Waals surface area (Å²) in [5.41, 5.74) is 12.1. The van der Waals surface area contributed by atoms with Gasteiger partial charge in [-0.15, -0.1) is 0 Å². The van der Waals surface area contributed by atoms with Gasteiger partial charge in [0.15, 0.2) is 0 Å². The van der Waals surface area contributed by atoms with Crippen molar-refractivity contribution in [2.24, 2.45) is 0 Å². The summed E-state index contributed by atoms with van der Waals surface area (Å²) in [4.78, 5) is 0. The molecule has 8 aromatic rings. The van der Waals surface area contributed by atoms with Crippen LogP contribution in [-0.4, -0.2) is 0 Å². The van der Waals surface area contributed by atoms with E-state index in [0.717, 1.165) is 17.1 Å². The van der Waals surface area contributed by atoms with Crippen LogP contribution in [0.25, 0.3) is 54.9 Å². The minimum Gasteiger partial charge on any atom is -0.456 e. The van der Waals surface area contributed by atoms with Gasteiger partial charge in [0.25, 0.3) is 0 Å². The third kappa shape index (κ3) is 3.40. The molecular weight excluding hydrogens is 556 g/mol. The van der Waals surface area contributed by atoms with Crippen LogP contribution in [0, 0.1) is 0 Å². The van der Waals surface area contributed by atoms with Crippen LogP contribution < -0.4 is 4.74 Å². The standard InChI is InChI=1S/C45H28O/c1-2-15-33(16-3-1)45(34-25-23-29-11-4-5-12-31(29)27-34)39-20-7-6-17-37(39)44-35(18-10-21-40(44)45)32-24-26-41-38(28-32)36-19-8-13-30-14-9-22-42(46-41)43(30)36/h1-28H. The summed E-state index contributed by atoms with van der Waals surface area (Å²) in [7, 11) is 0. The smallest absolute Gasteiger partial charge is 0.135 e. The molecule has 1 nitrogen and oxygen atoms in total. The van der Waals surface area contributed by atoms with Crippen molar-refractivity contribution in [2.45, 2.75) is 5.41 Å². The third-order valence-electron chi connectivity index (χ3n) is 10.1. The zero-order valence-corrected chi connectivity index (χ0v) is 25.1. The van der Waals surface area contributed by atoms with Crippen LogP contribution in [0.15, 0.2) is 170 Å². The Morgan fingerprint density at radius 3 is 1.98 bits per heavy atom. The van der Waals surface area contributed by atoms with Gasteiger partial charge >= 0.3 is 0 Å². The third-order valence-corrected chi connectivity index (χ3v) is 10.1. The van der Waals surface area contributed by atoms with Crippen LogP contribution >= 0.6 is 0 Å². The van der Waals surface area contributed by atoms with E-state index in [2.05, 4.69) is 170 Å². The van der Waals surface area contributed by atoms with Crippen LogP contribution in [0.4, 0.5) is 0 Å². The van der Waals surface area contributed by atoms with Gasteiger partial charge in [0.2, 0.25) is 0 Å². The number of fused-ring (bicyclic) bond motifs is 6. The Morgan fingerprint density at radius 1 is 0.370 bits per heavy atom. The zero-order valence-electron chi connectivity index (χ0n) is 25.1. The topological polar surface area (TPSA) is 9.23 Å². The van der Waals surface area contributed by atoms with Gasteiger partial charge in [0, 0.05) is 10.9 Å². The molecule has 214 valence electrons. The van der Waals surface area contributed by atoms with Gasteiger partial charge in [-0.3, -0.25) is 0 Å². The maximum Gasteiger partial charge on any atom is 0.135 e. The molecule has 8 aromatic carbocycles. The summed E-state index contributed by atoms with van der Waals surface area (Å²) in [6, 6.07) is 62.2. The van der Waals surface area contributed by atoms with E-state index in [1.165, 1.54) is 71.6 Å². The van der Waals surface area contributed by atoms with Gasteiger partial charge in [0.05, 0.1) is 5.41 Å². The molecule has 1 aliphatic carbocycles. The fraction of sp³-hybridized carbons (Fsp3) is 0.0222. The molecule has 10 rings (SSSR count). The second-order valence-electron chi connectivity index (χ2n) is 12.4. The molecule has 0 radical (unpaired) electrons. The lowest BCUT2D eigenvalue weighted by atomic mass is 9.67. The first-order chi connectivity index (χ1) is 22.8. The summed E-state index contributed by atoms with van der Waals surface area (Å²) in [6.07, 6.45) is 0. The predicted molar refractivity (Wildman–Crippen MR) is 190 cm³/mol. The van der Waals surface area contributed by atoms with Crippen molar-refractivity contribution in [2.75, 3.05) is 0 Å². The summed E-state index contributed by atoms with van der Waals surface area (Å²) in [6.45, 7) is 0. The number of benzene rings is 8. The molecule has 1 heteroatoms. The Labute approximate surface area is 268 Å². The lowest BCUT2D eigenvalue weighted by Gasteiger charge is -2.34. The van der Waals surface area contributed by atoms with E-state index in [0.29, 0.717) is 0 Å². The summed E-state index contributed by atoms with van der Waals surface area (Å²) >= 11 is 0. The molecule has 1 heterocycles. The zero-order chi connectivity index (χ0) is 30.2. The molecule has 2 aliphatic rings. The summed E-state index contributed by atoms with van der Waals surface area (Å²) in [5, 5.41) is 4.88. The molecule has 0 fully saturated rings. The van der Waals surface area contributed by atoms with Crippen LogP contribution in [0.1, 0.15) is 22.3 Å². The molecule has 46 heavy (non-hydrogen) atoms. The van der Waals surface area contributed by atoms with Gasteiger partial charge in [-0.25, -0.2) is 0 Å². The van der Waals surface area contributed by atoms with E-state index in [1.54, 1.807) is 0 Å². The fourth-order valence-electron chi connectivity index (χ4n) is 8.20. The van der Waals surface area contributed by atoms with Crippen LogP contribution in [0.5, 0.6) is 11.5 Å². The van der Waals surface area contributed by atoms with Crippen LogP contribution in [0.3, 0.4) is 0 Å². The van der Waals surface area contributed by atoms with Crippen molar-refractivity contribution in [3.05, 3.63) is 192 Å². The van der Waals surface area contributed by atoms with E-state index in [9.17, 15) is 0 Å². The molecule has 1 atom stereocenters. The second-order valence-corrected chi connectivity index (χ2v) is 12.4. The molecule has 0 aromatic heterocycles. The highest BCUT2D eigenvalue weighted by Gasteiger charge is 2.46. The Morgan fingerprint density at radius 2 is 1.07 bits per heavy atom. The predicted octanol–water partition coefficient (Wildman–Crippen LogP) is 11.8. The largest absolute Gasteiger partial charge is 0.456 e. The highest BCUT2D eigenvalue weighted by Crippen LogP contribution is 2.59. The van der Waals surface area contributed by atoms with Crippen molar-refractivity contribution in [1.82, 2.24) is 0 Å². The van der Waals surface area contributed by atoms with Gasteiger partial charge in [-0.05, 0) is 90.5 Å². The SMILES string of the molecule is c1ccc(C2(c3ccc4ccccc4c3)c3ccccc3-c3c(-c4ccc5c(c4)-c4cccc6cccc(c46)O5)cccc32)cc1. The molecule has 1 unspecified atom stereocenters. The van der Waals surface area contributed by atoms with Gasteiger partial charge in [-0.1, -0.05) is 146 Å². The maximum absolute atomic E-state index is 6.47. The first kappa shape index (κ1) is 25.4. The van der Waals surface area contributed by atoms with Crippen molar-refractivity contribution < 1.29 is 4.74 Å². The van der Waals surface area contributed by atoms with E-state index < -0.39 is 5.41 Å². The first-order valence-corrected chi connectivity index (χ1v) is 15.9. The lowest BCUT2D eigenvalue weighted by Crippen LogP contribution is -2.28. The molecule has 0 amide bonds. The molecule has 0 bridgehead atoms. The minimum absolute atomic E-state index is 0.463. The maximum atomic E-state index is 6.47. The monoisotopic (exact) mass is 584 g/mol. The lowest BCUT2D eigenvalue weighted by molar-refractivity contribution is 0.487. The van der Waals surface area contributed by atoms with E-state index in [4.69, 9.17) is 4.74 Å². The highest BCUT2D eigenvalue weighted by atomic mass is 16.5. The fourth-order valence-corrected chi connectivity index (χ4v) is 8.20. The van der Waals surface area contributed by atoms with Gasteiger partial charge in [0.1, 0.15) is 11.5 Å². The number of hydrogen-bond acceptors (Lipinski definition) is 1. The van der Waals surface area contributed by atoms with E-state index in [-0.39, 0.29) is 0 Å². The Kier molecular flexibility index (Phi) is 5.27. The second kappa shape index (κ2) is 9.54. The van der Waals surface area contributed by atoms with E-state index >= 15 is 0 Å². The van der Waals surface area contributed by atoms with E-state index in [1.807, 2.05) is 0 Å². The number of rotatable bonds is 3. The van der Waals surface area contributed by atoms with Crippen molar-refractivity contribution in [3.63, 3.8) is 0 Å². The Bertz CT molecular complexity index is 2500. The van der Waals surface area contributed by atoms with Crippen molar-refractivity contribution >= 4 is 21.5 Å². The summed E-state index contributed by atoms with van der Waals surface area (Å²) < 4.78 is 6.47. The molecule has 0 spiro atoms. The van der Waals surface area contributed by atoms with Crippen LogP contribution in [-0.2, 0) is 5.41 Å². The minimum atomic E-state index is -0.463. The van der Waals surface area contributed by atoms with Crippen LogP contribution in [0.2, 0.25) is 0 Å². The van der Waals surface area contributed by atoms with Crippen molar-refractivity contribution in [3.8, 4) is 44.9 Å². The van der Waals surface area contributed by atoms with Crippen molar-refractivity contribution in [1.29, 1.82) is 0 Å². The van der Waals surface area contributed by atoms with Gasteiger partial charge < -0.3 is 4.74 Å². The van der Waals surface area contributed by atoms with Gasteiger partial charge in [-0.2, -0.15) is 0 Å². The molecule has 1 aliphatic heterocycles. The molecule has 0 N–H and O–H groups in total. The molecular formula is C45H28O.